The molecule has 31 heavy (non-hydrogen) atoms. The molecule has 4 rings (SSSR count). The van der Waals surface area contributed by atoms with Gasteiger partial charge in [0.1, 0.15) is 35.3 Å². The molecule has 0 aliphatic rings. The fraction of sp³-hybridized carbons (Fsp3) is 0.0952. The molecule has 0 saturated heterocycles. The second-order valence-electron chi connectivity index (χ2n) is 6.45. The van der Waals surface area contributed by atoms with E-state index in [9.17, 15) is 9.18 Å². The Hall–Kier alpha value is -3.36. The third kappa shape index (κ3) is 5.22. The molecule has 0 unspecified atom stereocenters. The SMILES string of the molecule is O=C(Nc1ncn(Cc2ccc(F)cc2)n1)c1ccc(COc2cccc(Cl)c2Cl)o1. The standard InChI is InChI=1S/C21H15Cl2FN4O3/c22-16-2-1-3-17(19(16)23)30-11-15-8-9-18(31-15)20(29)26-21-25-12-28(27-21)10-13-4-6-14(24)7-5-13/h1-9,12H,10-11H2,(H,26,27,29). The van der Waals surface area contributed by atoms with E-state index in [4.69, 9.17) is 32.4 Å². The first kappa shape index (κ1) is 20.9. The Morgan fingerprint density at radius 2 is 1.94 bits per heavy atom. The molecular weight excluding hydrogens is 446 g/mol. The Balaban J connectivity index is 1.34. The van der Waals surface area contributed by atoms with Crippen LogP contribution in [0.15, 0.2) is 65.3 Å². The molecule has 0 aliphatic carbocycles. The first-order chi connectivity index (χ1) is 15.0. The number of rotatable bonds is 7. The minimum absolute atomic E-state index is 0.0674. The number of amides is 1. The van der Waals surface area contributed by atoms with E-state index >= 15 is 0 Å². The van der Waals surface area contributed by atoms with Crippen LogP contribution in [-0.4, -0.2) is 20.7 Å². The van der Waals surface area contributed by atoms with Gasteiger partial charge in [0.05, 0.1) is 11.6 Å². The average molecular weight is 461 g/mol. The Morgan fingerprint density at radius 1 is 1.13 bits per heavy atom. The van der Waals surface area contributed by atoms with Gasteiger partial charge in [-0.1, -0.05) is 41.4 Å². The van der Waals surface area contributed by atoms with Crippen molar-refractivity contribution in [2.75, 3.05) is 5.32 Å². The van der Waals surface area contributed by atoms with E-state index < -0.39 is 5.91 Å². The number of anilines is 1. The van der Waals surface area contributed by atoms with Crippen molar-refractivity contribution in [3.05, 3.63) is 93.9 Å². The van der Waals surface area contributed by atoms with Crippen molar-refractivity contribution in [2.24, 2.45) is 0 Å². The highest BCUT2D eigenvalue weighted by atomic mass is 35.5. The number of ether oxygens (including phenoxy) is 1. The summed E-state index contributed by atoms with van der Waals surface area (Å²) in [6, 6.07) is 14.2. The van der Waals surface area contributed by atoms with E-state index in [0.29, 0.717) is 28.1 Å². The van der Waals surface area contributed by atoms with E-state index in [1.165, 1.54) is 29.2 Å². The van der Waals surface area contributed by atoms with Crippen molar-refractivity contribution in [1.82, 2.24) is 14.8 Å². The third-order valence-corrected chi connectivity index (χ3v) is 4.99. The van der Waals surface area contributed by atoms with Gasteiger partial charge in [0.2, 0.25) is 5.95 Å². The summed E-state index contributed by atoms with van der Waals surface area (Å²) in [6.07, 6.45) is 1.47. The molecule has 158 valence electrons. The number of furan rings is 1. The zero-order chi connectivity index (χ0) is 21.8. The predicted octanol–water partition coefficient (Wildman–Crippen LogP) is 5.20. The van der Waals surface area contributed by atoms with Crippen molar-refractivity contribution >= 4 is 35.1 Å². The molecule has 2 heterocycles. The molecule has 1 amide bonds. The van der Waals surface area contributed by atoms with Gasteiger partial charge in [-0.2, -0.15) is 0 Å². The molecule has 0 aliphatic heterocycles. The smallest absolute Gasteiger partial charge is 0.293 e. The zero-order valence-corrected chi connectivity index (χ0v) is 17.4. The minimum Gasteiger partial charge on any atom is -0.484 e. The zero-order valence-electron chi connectivity index (χ0n) is 15.9. The number of carbonyl (C=O) groups excluding carboxylic acids is 1. The highest BCUT2D eigenvalue weighted by molar-refractivity contribution is 6.42. The van der Waals surface area contributed by atoms with E-state index in [0.717, 1.165) is 5.56 Å². The number of hydrogen-bond acceptors (Lipinski definition) is 5. The second-order valence-corrected chi connectivity index (χ2v) is 7.24. The Kier molecular flexibility index (Phi) is 6.20. The van der Waals surface area contributed by atoms with Crippen LogP contribution in [0.3, 0.4) is 0 Å². The van der Waals surface area contributed by atoms with Gasteiger partial charge in [0.25, 0.3) is 5.91 Å². The molecule has 0 radical (unpaired) electrons. The van der Waals surface area contributed by atoms with E-state index in [1.54, 1.807) is 36.4 Å². The summed E-state index contributed by atoms with van der Waals surface area (Å²) >= 11 is 12.0. The van der Waals surface area contributed by atoms with Crippen molar-refractivity contribution < 1.29 is 18.3 Å². The Bertz CT molecular complexity index is 1210. The molecule has 2 aromatic carbocycles. The summed E-state index contributed by atoms with van der Waals surface area (Å²) in [5, 5.41) is 7.42. The van der Waals surface area contributed by atoms with Crippen LogP contribution < -0.4 is 10.1 Å². The molecule has 0 spiro atoms. The largest absolute Gasteiger partial charge is 0.484 e. The number of benzene rings is 2. The highest BCUT2D eigenvalue weighted by Gasteiger charge is 2.15. The third-order valence-electron chi connectivity index (χ3n) is 4.19. The fourth-order valence-corrected chi connectivity index (χ4v) is 3.04. The van der Waals surface area contributed by atoms with Crippen LogP contribution in [0, 0.1) is 5.82 Å². The van der Waals surface area contributed by atoms with Crippen LogP contribution in [0.2, 0.25) is 10.0 Å². The molecule has 4 aromatic rings. The number of hydrogen-bond donors (Lipinski definition) is 1. The van der Waals surface area contributed by atoms with E-state index in [2.05, 4.69) is 15.4 Å². The van der Waals surface area contributed by atoms with Crippen LogP contribution in [-0.2, 0) is 13.2 Å². The van der Waals surface area contributed by atoms with Gasteiger partial charge < -0.3 is 9.15 Å². The molecular formula is C21H15Cl2FN4O3. The molecule has 7 nitrogen and oxygen atoms in total. The van der Waals surface area contributed by atoms with Crippen LogP contribution in [0.5, 0.6) is 5.75 Å². The normalized spacial score (nSPS) is 10.8. The second kappa shape index (κ2) is 9.20. The van der Waals surface area contributed by atoms with Gasteiger partial charge in [-0.15, -0.1) is 5.10 Å². The Labute approximate surface area is 186 Å². The monoisotopic (exact) mass is 460 g/mol. The first-order valence-electron chi connectivity index (χ1n) is 9.09. The first-order valence-corrected chi connectivity index (χ1v) is 9.84. The summed E-state index contributed by atoms with van der Waals surface area (Å²) in [5.41, 5.74) is 0.847. The lowest BCUT2D eigenvalue weighted by atomic mass is 10.2. The number of aromatic nitrogens is 3. The topological polar surface area (TPSA) is 82.2 Å². The van der Waals surface area contributed by atoms with Crippen molar-refractivity contribution in [3.8, 4) is 5.75 Å². The molecule has 0 saturated carbocycles. The number of carbonyl (C=O) groups is 1. The van der Waals surface area contributed by atoms with Crippen molar-refractivity contribution in [1.29, 1.82) is 0 Å². The van der Waals surface area contributed by atoms with Gasteiger partial charge in [0.15, 0.2) is 5.76 Å². The van der Waals surface area contributed by atoms with Crippen molar-refractivity contribution in [2.45, 2.75) is 13.2 Å². The van der Waals surface area contributed by atoms with E-state index in [1.807, 2.05) is 0 Å². The number of nitrogens with one attached hydrogen (secondary N) is 1. The molecule has 1 N–H and O–H groups in total. The summed E-state index contributed by atoms with van der Waals surface area (Å²) in [6.45, 7) is 0.454. The van der Waals surface area contributed by atoms with E-state index in [-0.39, 0.29) is 24.1 Å². The quantitative estimate of drug-likeness (QED) is 0.409. The van der Waals surface area contributed by atoms with Gasteiger partial charge >= 0.3 is 0 Å². The molecule has 0 atom stereocenters. The predicted molar refractivity (Wildman–Crippen MR) is 113 cm³/mol. The number of halogens is 3. The molecule has 10 heteroatoms. The van der Waals surface area contributed by atoms with Gasteiger partial charge in [-0.05, 0) is 42.0 Å². The molecule has 2 aromatic heterocycles. The van der Waals surface area contributed by atoms with Crippen LogP contribution >= 0.6 is 23.2 Å². The van der Waals surface area contributed by atoms with Crippen LogP contribution in [0.4, 0.5) is 10.3 Å². The maximum Gasteiger partial charge on any atom is 0.293 e. The van der Waals surface area contributed by atoms with Crippen LogP contribution in [0.25, 0.3) is 0 Å². The fourth-order valence-electron chi connectivity index (χ4n) is 2.69. The summed E-state index contributed by atoms with van der Waals surface area (Å²) in [5.74, 6) is 0.210. The molecule has 0 bridgehead atoms. The average Bonchev–Trinajstić information content (AvgIpc) is 3.40. The number of nitrogens with zero attached hydrogens (tertiary/aromatic N) is 3. The maximum absolute atomic E-state index is 13.0. The van der Waals surface area contributed by atoms with Crippen LogP contribution in [0.1, 0.15) is 21.9 Å². The molecule has 0 fully saturated rings. The summed E-state index contributed by atoms with van der Waals surface area (Å²) < 4.78 is 25.6. The summed E-state index contributed by atoms with van der Waals surface area (Å²) in [4.78, 5) is 16.4. The maximum atomic E-state index is 13.0. The van der Waals surface area contributed by atoms with Crippen molar-refractivity contribution in [3.63, 3.8) is 0 Å². The van der Waals surface area contributed by atoms with Gasteiger partial charge in [-0.3, -0.25) is 10.1 Å². The lowest BCUT2D eigenvalue weighted by Crippen LogP contribution is -2.12. The van der Waals surface area contributed by atoms with Gasteiger partial charge in [-0.25, -0.2) is 14.1 Å². The summed E-state index contributed by atoms with van der Waals surface area (Å²) in [7, 11) is 0. The minimum atomic E-state index is -0.508. The lowest BCUT2D eigenvalue weighted by Gasteiger charge is -2.07. The Morgan fingerprint density at radius 3 is 2.74 bits per heavy atom. The lowest BCUT2D eigenvalue weighted by molar-refractivity contribution is 0.0991. The van der Waals surface area contributed by atoms with Gasteiger partial charge in [0, 0.05) is 0 Å². The highest BCUT2D eigenvalue weighted by Crippen LogP contribution is 2.32.